The van der Waals surface area contributed by atoms with Crippen LogP contribution in [0.25, 0.3) is 11.4 Å². The topological polar surface area (TPSA) is 85.1 Å². The van der Waals surface area contributed by atoms with Crippen molar-refractivity contribution in [2.45, 2.75) is 25.2 Å². The molecule has 1 saturated heterocycles. The van der Waals surface area contributed by atoms with E-state index in [-0.39, 0.29) is 18.8 Å². The Hall–Kier alpha value is -3.93. The second-order valence-electron chi connectivity index (χ2n) is 8.60. The molecule has 0 saturated carbocycles. The predicted octanol–water partition coefficient (Wildman–Crippen LogP) is 3.66. The van der Waals surface area contributed by atoms with Crippen LogP contribution in [-0.4, -0.2) is 63.2 Å². The molecule has 2 aromatic heterocycles. The Morgan fingerprint density at radius 1 is 1.11 bits per heavy atom. The molecule has 1 unspecified atom stereocenters. The smallest absolute Gasteiger partial charge is 0.341 e. The lowest BCUT2D eigenvalue weighted by molar-refractivity contribution is 0.0256. The molecule has 0 aliphatic carbocycles. The number of hydrogen-bond donors (Lipinski definition) is 0. The number of carbonyl (C=O) groups is 1. The first-order valence-electron chi connectivity index (χ1n) is 11.2. The van der Waals surface area contributed by atoms with Crippen molar-refractivity contribution in [2.24, 2.45) is 12.1 Å². The molecule has 5 rings (SSSR count). The van der Waals surface area contributed by atoms with E-state index in [9.17, 15) is 18.0 Å². The van der Waals surface area contributed by atoms with E-state index in [4.69, 9.17) is 9.47 Å². The van der Waals surface area contributed by atoms with Gasteiger partial charge >= 0.3 is 6.03 Å². The molecule has 1 atom stereocenters. The molecule has 9 nitrogen and oxygen atoms in total. The van der Waals surface area contributed by atoms with Gasteiger partial charge in [0.05, 0.1) is 49.5 Å². The molecule has 1 fully saturated rings. The number of carbonyl (C=O) groups excluding carboxylic acids is 1. The number of hydrogen-bond acceptors (Lipinski definition) is 6. The molecule has 0 radical (unpaired) electrons. The van der Waals surface area contributed by atoms with Crippen LogP contribution in [0.3, 0.4) is 0 Å². The molecule has 2 amide bonds. The Labute approximate surface area is 204 Å². The number of likely N-dealkylation sites (tertiary alicyclic amines) is 1. The van der Waals surface area contributed by atoms with Gasteiger partial charge < -0.3 is 14.4 Å². The molecular formula is C24H23F3N6O3. The van der Waals surface area contributed by atoms with E-state index in [0.29, 0.717) is 30.0 Å². The van der Waals surface area contributed by atoms with Crippen LogP contribution in [0.1, 0.15) is 23.6 Å². The van der Waals surface area contributed by atoms with Crippen LogP contribution in [0.5, 0.6) is 5.75 Å². The Kier molecular flexibility index (Phi) is 6.35. The van der Waals surface area contributed by atoms with E-state index in [1.54, 1.807) is 25.0 Å². The number of pyridine rings is 1. The number of aryl methyl sites for hydroxylation is 1. The molecule has 0 spiro atoms. The maximum atomic E-state index is 14.5. The number of ether oxygens (including phenoxy) is 2. The molecule has 188 valence electrons. The molecular weight excluding hydrogens is 477 g/mol. The lowest BCUT2D eigenvalue weighted by Crippen LogP contribution is -2.58. The van der Waals surface area contributed by atoms with Gasteiger partial charge in [-0.25, -0.2) is 23.0 Å². The average molecular weight is 500 g/mol. The quantitative estimate of drug-likeness (QED) is 0.516. The van der Waals surface area contributed by atoms with Crippen molar-refractivity contribution in [3.63, 3.8) is 0 Å². The van der Waals surface area contributed by atoms with Gasteiger partial charge in [0, 0.05) is 44.5 Å². The predicted molar refractivity (Wildman–Crippen MR) is 123 cm³/mol. The van der Waals surface area contributed by atoms with E-state index >= 15 is 0 Å². The fraction of sp³-hybridized carbons (Fsp3) is 0.333. The zero-order chi connectivity index (χ0) is 25.4. The van der Waals surface area contributed by atoms with Gasteiger partial charge in [0.2, 0.25) is 0 Å². The highest BCUT2D eigenvalue weighted by Gasteiger charge is 2.39. The van der Waals surface area contributed by atoms with Crippen LogP contribution in [0.4, 0.5) is 18.0 Å². The third kappa shape index (κ3) is 4.51. The van der Waals surface area contributed by atoms with Gasteiger partial charge in [-0.2, -0.15) is 10.2 Å². The maximum Gasteiger partial charge on any atom is 0.341 e. The number of aromatic nitrogens is 3. The van der Waals surface area contributed by atoms with Crippen molar-refractivity contribution < 1.29 is 27.4 Å². The number of rotatable bonds is 6. The van der Waals surface area contributed by atoms with E-state index in [2.05, 4.69) is 15.2 Å². The molecule has 2 aliphatic heterocycles. The summed E-state index contributed by atoms with van der Waals surface area (Å²) in [6, 6.07) is 3.62. The molecule has 4 heterocycles. The molecule has 36 heavy (non-hydrogen) atoms. The van der Waals surface area contributed by atoms with Crippen LogP contribution in [0.15, 0.2) is 41.8 Å². The van der Waals surface area contributed by atoms with Crippen molar-refractivity contribution >= 4 is 12.2 Å². The van der Waals surface area contributed by atoms with Gasteiger partial charge in [-0.1, -0.05) is 0 Å². The summed E-state index contributed by atoms with van der Waals surface area (Å²) >= 11 is 0. The van der Waals surface area contributed by atoms with Crippen LogP contribution >= 0.6 is 0 Å². The Bertz CT molecular complexity index is 1300. The standard InChI is InChI=1S/C24H23F3N6O3/c1-31-23(15(9-30-31)13-35-2)20-8-22(19(27)10-28-20)36-18-11-32(12-18)24(34)33-21(3-4-29-33)14-5-16(25)7-17(26)6-14/h4-10,18,21H,3,11-13H2,1-2H3. The first kappa shape index (κ1) is 23.8. The summed E-state index contributed by atoms with van der Waals surface area (Å²) in [5.74, 6) is -2.06. The summed E-state index contributed by atoms with van der Waals surface area (Å²) in [6.45, 7) is 0.722. The fourth-order valence-electron chi connectivity index (χ4n) is 4.35. The van der Waals surface area contributed by atoms with Gasteiger partial charge in [0.15, 0.2) is 11.6 Å². The van der Waals surface area contributed by atoms with Crippen LogP contribution < -0.4 is 4.74 Å². The summed E-state index contributed by atoms with van der Waals surface area (Å²) in [6.07, 6.45) is 4.17. The molecule has 2 aliphatic rings. The van der Waals surface area contributed by atoms with E-state index in [0.717, 1.165) is 17.8 Å². The second kappa shape index (κ2) is 9.61. The van der Waals surface area contributed by atoms with Gasteiger partial charge in [-0.3, -0.25) is 9.67 Å². The first-order valence-corrected chi connectivity index (χ1v) is 11.2. The summed E-state index contributed by atoms with van der Waals surface area (Å²) in [5, 5.41) is 9.52. The summed E-state index contributed by atoms with van der Waals surface area (Å²) < 4.78 is 54.5. The van der Waals surface area contributed by atoms with Gasteiger partial charge in [-0.15, -0.1) is 0 Å². The first-order chi connectivity index (χ1) is 17.3. The van der Waals surface area contributed by atoms with Gasteiger partial charge in [0.25, 0.3) is 0 Å². The highest BCUT2D eigenvalue weighted by Crippen LogP contribution is 2.32. The highest BCUT2D eigenvalue weighted by molar-refractivity contribution is 5.79. The van der Waals surface area contributed by atoms with Crippen LogP contribution in [0, 0.1) is 17.5 Å². The summed E-state index contributed by atoms with van der Waals surface area (Å²) in [7, 11) is 3.32. The minimum Gasteiger partial charge on any atom is -0.483 e. The number of amides is 2. The molecule has 3 aromatic rings. The van der Waals surface area contributed by atoms with Crippen molar-refractivity contribution in [2.75, 3.05) is 20.2 Å². The van der Waals surface area contributed by atoms with Crippen molar-refractivity contribution in [3.8, 4) is 17.1 Å². The third-order valence-corrected chi connectivity index (χ3v) is 6.08. The zero-order valence-electron chi connectivity index (χ0n) is 19.6. The summed E-state index contributed by atoms with van der Waals surface area (Å²) in [4.78, 5) is 18.6. The highest BCUT2D eigenvalue weighted by atomic mass is 19.1. The zero-order valence-corrected chi connectivity index (χ0v) is 19.6. The second-order valence-corrected chi connectivity index (χ2v) is 8.60. The van der Waals surface area contributed by atoms with E-state index in [1.807, 2.05) is 0 Å². The average Bonchev–Trinajstić information content (AvgIpc) is 3.44. The maximum absolute atomic E-state index is 14.5. The fourth-order valence-corrected chi connectivity index (χ4v) is 4.35. The lowest BCUT2D eigenvalue weighted by atomic mass is 10.0. The summed E-state index contributed by atoms with van der Waals surface area (Å²) in [5.41, 5.74) is 2.27. The van der Waals surface area contributed by atoms with Crippen LogP contribution in [-0.2, 0) is 18.4 Å². The number of hydrazone groups is 1. The van der Waals surface area contributed by atoms with Crippen LogP contribution in [0.2, 0.25) is 0 Å². The Morgan fingerprint density at radius 3 is 2.58 bits per heavy atom. The Balaban J connectivity index is 1.25. The van der Waals surface area contributed by atoms with E-state index < -0.39 is 35.6 Å². The van der Waals surface area contributed by atoms with Crippen molar-refractivity contribution in [1.82, 2.24) is 24.7 Å². The molecule has 0 bridgehead atoms. The van der Waals surface area contributed by atoms with Crippen molar-refractivity contribution in [3.05, 3.63) is 65.2 Å². The minimum absolute atomic E-state index is 0.00831. The molecule has 1 aromatic carbocycles. The molecule has 12 heteroatoms. The largest absolute Gasteiger partial charge is 0.483 e. The number of nitrogens with zero attached hydrogens (tertiary/aromatic N) is 6. The number of urea groups is 1. The minimum atomic E-state index is -0.721. The monoisotopic (exact) mass is 500 g/mol. The number of methoxy groups -OCH3 is 1. The third-order valence-electron chi connectivity index (χ3n) is 6.08. The molecule has 0 N–H and O–H groups in total. The SMILES string of the molecule is COCc1cnn(C)c1-c1cc(OC2CN(C(=O)N3N=CCC3c3cc(F)cc(F)c3)C2)c(F)cn1. The number of benzene rings is 1. The Morgan fingerprint density at radius 2 is 1.86 bits per heavy atom. The normalized spacial score (nSPS) is 17.5. The van der Waals surface area contributed by atoms with Gasteiger partial charge in [-0.05, 0) is 17.7 Å². The van der Waals surface area contributed by atoms with E-state index in [1.165, 1.54) is 34.3 Å². The number of halogens is 3. The van der Waals surface area contributed by atoms with Gasteiger partial charge in [0.1, 0.15) is 17.7 Å². The lowest BCUT2D eigenvalue weighted by Gasteiger charge is -2.41. The van der Waals surface area contributed by atoms with Crippen molar-refractivity contribution in [1.29, 1.82) is 0 Å².